The van der Waals surface area contributed by atoms with Gasteiger partial charge in [0.05, 0.1) is 17.4 Å². The fraction of sp³-hybridized carbons (Fsp3) is 0.500. The lowest BCUT2D eigenvalue weighted by Crippen LogP contribution is -2.40. The number of aromatic carboxylic acids is 1. The number of rotatable bonds is 3. The van der Waals surface area contributed by atoms with Crippen molar-refractivity contribution in [2.75, 3.05) is 25.5 Å². The van der Waals surface area contributed by atoms with Crippen molar-refractivity contribution in [3.63, 3.8) is 0 Å². The normalized spacial score (nSPS) is 21.1. The van der Waals surface area contributed by atoms with Gasteiger partial charge in [0.2, 0.25) is 0 Å². The van der Waals surface area contributed by atoms with Gasteiger partial charge in [-0.1, -0.05) is 0 Å². The number of hydrogen-bond acceptors (Lipinski definition) is 4. The molecule has 0 radical (unpaired) electrons. The first kappa shape index (κ1) is 11.9. The average molecular weight is 235 g/mol. The van der Waals surface area contributed by atoms with Crippen LogP contribution in [0.4, 0.5) is 5.69 Å². The molecule has 0 bridgehead atoms. The molecule has 1 fully saturated rings. The van der Waals surface area contributed by atoms with E-state index < -0.39 is 5.97 Å². The lowest BCUT2D eigenvalue weighted by Gasteiger charge is -2.31. The van der Waals surface area contributed by atoms with Crippen LogP contribution >= 0.6 is 0 Å². The molecule has 5 heteroatoms. The molecule has 0 aromatic carbocycles. The highest BCUT2D eigenvalue weighted by Gasteiger charge is 2.19. The molecule has 1 saturated heterocycles. The van der Waals surface area contributed by atoms with Gasteiger partial charge >= 0.3 is 5.97 Å². The molecule has 2 rings (SSSR count). The number of anilines is 1. The van der Waals surface area contributed by atoms with Crippen molar-refractivity contribution in [2.45, 2.75) is 18.9 Å². The zero-order chi connectivity index (χ0) is 12.3. The number of likely N-dealkylation sites (N-methyl/N-ethyl adjacent to an activating group) is 1. The zero-order valence-corrected chi connectivity index (χ0v) is 9.89. The number of nitrogens with zero attached hydrogens (tertiary/aromatic N) is 2. The summed E-state index contributed by atoms with van der Waals surface area (Å²) in [6.45, 7) is 2.05. The van der Waals surface area contributed by atoms with Crippen LogP contribution in [-0.4, -0.2) is 47.1 Å². The first-order valence-electron chi connectivity index (χ1n) is 5.79. The number of nitrogens with one attached hydrogen (secondary N) is 1. The summed E-state index contributed by atoms with van der Waals surface area (Å²) in [6, 6.07) is 1.83. The largest absolute Gasteiger partial charge is 0.478 e. The summed E-state index contributed by atoms with van der Waals surface area (Å²) < 4.78 is 0. The molecule has 1 aliphatic heterocycles. The van der Waals surface area contributed by atoms with Crippen molar-refractivity contribution < 1.29 is 9.90 Å². The lowest BCUT2D eigenvalue weighted by atomic mass is 10.1. The summed E-state index contributed by atoms with van der Waals surface area (Å²) in [7, 11) is 2.08. The molecular weight excluding hydrogens is 218 g/mol. The molecule has 1 unspecified atom stereocenters. The fourth-order valence-electron chi connectivity index (χ4n) is 2.20. The van der Waals surface area contributed by atoms with E-state index in [9.17, 15) is 4.79 Å². The molecule has 17 heavy (non-hydrogen) atoms. The zero-order valence-electron chi connectivity index (χ0n) is 9.89. The van der Waals surface area contributed by atoms with Gasteiger partial charge < -0.3 is 15.3 Å². The van der Waals surface area contributed by atoms with E-state index in [1.165, 1.54) is 12.3 Å². The van der Waals surface area contributed by atoms with Gasteiger partial charge in [-0.25, -0.2) is 4.79 Å². The molecule has 2 heterocycles. The van der Waals surface area contributed by atoms with Crippen LogP contribution in [0.3, 0.4) is 0 Å². The third-order valence-electron chi connectivity index (χ3n) is 3.04. The second kappa shape index (κ2) is 5.14. The quantitative estimate of drug-likeness (QED) is 0.826. The fourth-order valence-corrected chi connectivity index (χ4v) is 2.20. The number of carbonyl (C=O) groups is 1. The third-order valence-corrected chi connectivity index (χ3v) is 3.04. The lowest BCUT2D eigenvalue weighted by molar-refractivity contribution is 0.0697. The molecular formula is C12H17N3O2. The van der Waals surface area contributed by atoms with Crippen molar-refractivity contribution >= 4 is 11.7 Å². The first-order valence-corrected chi connectivity index (χ1v) is 5.79. The first-order chi connectivity index (χ1) is 8.16. The Labute approximate surface area is 100 Å². The van der Waals surface area contributed by atoms with Crippen molar-refractivity contribution in [3.05, 3.63) is 24.0 Å². The van der Waals surface area contributed by atoms with Crippen LogP contribution in [-0.2, 0) is 0 Å². The maximum Gasteiger partial charge on any atom is 0.337 e. The Morgan fingerprint density at radius 1 is 1.65 bits per heavy atom. The van der Waals surface area contributed by atoms with Gasteiger partial charge in [-0.15, -0.1) is 0 Å². The number of carboxylic acid groups (broad SMARTS) is 1. The topological polar surface area (TPSA) is 65.5 Å². The Bertz CT molecular complexity index is 408. The Balaban J connectivity index is 2.10. The Hall–Kier alpha value is -1.62. The summed E-state index contributed by atoms with van der Waals surface area (Å²) in [5.74, 6) is -0.918. The molecule has 2 N–H and O–H groups in total. The average Bonchev–Trinajstić information content (AvgIpc) is 2.29. The summed E-state index contributed by atoms with van der Waals surface area (Å²) in [5, 5.41) is 12.3. The monoisotopic (exact) mass is 235 g/mol. The van der Waals surface area contributed by atoms with E-state index in [4.69, 9.17) is 5.11 Å². The van der Waals surface area contributed by atoms with E-state index >= 15 is 0 Å². The smallest absolute Gasteiger partial charge is 0.337 e. The number of pyridine rings is 1. The second-order valence-corrected chi connectivity index (χ2v) is 4.47. The van der Waals surface area contributed by atoms with Crippen molar-refractivity contribution in [1.82, 2.24) is 9.88 Å². The summed E-state index contributed by atoms with van der Waals surface area (Å²) in [4.78, 5) is 17.3. The highest BCUT2D eigenvalue weighted by molar-refractivity contribution is 5.93. The minimum absolute atomic E-state index is 0.285. The van der Waals surface area contributed by atoms with Gasteiger partial charge in [0.1, 0.15) is 0 Å². The molecule has 1 aliphatic rings. The number of hydrogen-bond donors (Lipinski definition) is 2. The van der Waals surface area contributed by atoms with Crippen LogP contribution < -0.4 is 5.32 Å². The van der Waals surface area contributed by atoms with Gasteiger partial charge in [0.15, 0.2) is 0 Å². The van der Waals surface area contributed by atoms with E-state index in [-0.39, 0.29) is 5.56 Å². The molecule has 1 aromatic rings. The van der Waals surface area contributed by atoms with E-state index in [0.29, 0.717) is 11.7 Å². The standard InChI is InChI=1S/C12H17N3O2/c1-15-6-2-3-9(8-15)14-11-7-13-5-4-10(11)12(16)17/h4-5,7,9,14H,2-3,6,8H2,1H3,(H,16,17). The van der Waals surface area contributed by atoms with E-state index in [1.54, 1.807) is 6.20 Å². The Morgan fingerprint density at radius 2 is 2.47 bits per heavy atom. The van der Waals surface area contributed by atoms with Crippen molar-refractivity contribution in [2.24, 2.45) is 0 Å². The van der Waals surface area contributed by atoms with Gasteiger partial charge in [-0.3, -0.25) is 4.98 Å². The van der Waals surface area contributed by atoms with Crippen LogP contribution in [0.1, 0.15) is 23.2 Å². The predicted octanol–water partition coefficient (Wildman–Crippen LogP) is 1.29. The summed E-state index contributed by atoms with van der Waals surface area (Å²) >= 11 is 0. The van der Waals surface area contributed by atoms with Crippen LogP contribution in [0.5, 0.6) is 0 Å². The maximum absolute atomic E-state index is 11.0. The minimum atomic E-state index is -0.918. The third kappa shape index (κ3) is 2.94. The number of piperidine rings is 1. The Morgan fingerprint density at radius 3 is 3.18 bits per heavy atom. The highest BCUT2D eigenvalue weighted by atomic mass is 16.4. The van der Waals surface area contributed by atoms with Crippen LogP contribution in [0.2, 0.25) is 0 Å². The second-order valence-electron chi connectivity index (χ2n) is 4.47. The molecule has 0 amide bonds. The predicted molar refractivity (Wildman–Crippen MR) is 65.3 cm³/mol. The SMILES string of the molecule is CN1CCCC(Nc2cnccc2C(=O)O)C1. The molecule has 0 saturated carbocycles. The molecule has 1 atom stereocenters. The van der Waals surface area contributed by atoms with Gasteiger partial charge in [0.25, 0.3) is 0 Å². The summed E-state index contributed by atoms with van der Waals surface area (Å²) in [5.41, 5.74) is 0.897. The maximum atomic E-state index is 11.0. The number of carboxylic acids is 1. The highest BCUT2D eigenvalue weighted by Crippen LogP contribution is 2.18. The number of likely N-dealkylation sites (tertiary alicyclic amines) is 1. The van der Waals surface area contributed by atoms with E-state index in [1.807, 2.05) is 0 Å². The van der Waals surface area contributed by atoms with Crippen LogP contribution in [0, 0.1) is 0 Å². The minimum Gasteiger partial charge on any atom is -0.478 e. The van der Waals surface area contributed by atoms with E-state index in [2.05, 4.69) is 22.2 Å². The van der Waals surface area contributed by atoms with Gasteiger partial charge in [0, 0.05) is 18.8 Å². The van der Waals surface area contributed by atoms with Crippen LogP contribution in [0.25, 0.3) is 0 Å². The van der Waals surface area contributed by atoms with E-state index in [0.717, 1.165) is 25.9 Å². The van der Waals surface area contributed by atoms with Gasteiger partial charge in [-0.05, 0) is 32.5 Å². The molecule has 92 valence electrons. The summed E-state index contributed by atoms with van der Waals surface area (Å²) in [6.07, 6.45) is 5.29. The number of aromatic nitrogens is 1. The van der Waals surface area contributed by atoms with Crippen LogP contribution in [0.15, 0.2) is 18.5 Å². The van der Waals surface area contributed by atoms with Crippen molar-refractivity contribution in [1.29, 1.82) is 0 Å². The molecule has 5 nitrogen and oxygen atoms in total. The molecule has 1 aromatic heterocycles. The molecule has 0 spiro atoms. The Kier molecular flexibility index (Phi) is 3.58. The molecule has 0 aliphatic carbocycles. The van der Waals surface area contributed by atoms with Gasteiger partial charge in [-0.2, -0.15) is 0 Å². The van der Waals surface area contributed by atoms with Crippen molar-refractivity contribution in [3.8, 4) is 0 Å².